The van der Waals surface area contributed by atoms with Crippen LogP contribution in [0.5, 0.6) is 11.5 Å². The van der Waals surface area contributed by atoms with Crippen molar-refractivity contribution in [3.8, 4) is 11.5 Å². The average molecular weight is 356 g/mol. The maximum absolute atomic E-state index is 12.2. The number of nitrogens with zero attached hydrogens (tertiary/aromatic N) is 1. The van der Waals surface area contributed by atoms with E-state index >= 15 is 0 Å². The largest absolute Gasteiger partial charge is 0.497 e. The number of hydrogen-bond donors (Lipinski definition) is 1. The molecule has 0 fully saturated rings. The van der Waals surface area contributed by atoms with Crippen molar-refractivity contribution < 1.29 is 19.1 Å². The van der Waals surface area contributed by atoms with Gasteiger partial charge in [-0.3, -0.25) is 9.59 Å². The van der Waals surface area contributed by atoms with Crippen LogP contribution in [0.1, 0.15) is 21.5 Å². The fourth-order valence-electron chi connectivity index (χ4n) is 2.46. The number of carbonyl (C=O) groups is 2. The summed E-state index contributed by atoms with van der Waals surface area (Å²) in [5.41, 5.74) is 2.33. The molecule has 0 aliphatic carbocycles. The fraction of sp³-hybridized carbons (Fsp3) is 0.300. The van der Waals surface area contributed by atoms with E-state index < -0.39 is 0 Å². The van der Waals surface area contributed by atoms with Gasteiger partial charge < -0.3 is 19.7 Å². The minimum absolute atomic E-state index is 0.0489. The van der Waals surface area contributed by atoms with Crippen LogP contribution in [-0.2, 0) is 17.8 Å². The predicted octanol–water partition coefficient (Wildman–Crippen LogP) is 2.26. The summed E-state index contributed by atoms with van der Waals surface area (Å²) >= 11 is 0. The van der Waals surface area contributed by atoms with E-state index in [2.05, 4.69) is 5.32 Å². The van der Waals surface area contributed by atoms with E-state index in [1.54, 1.807) is 52.6 Å². The highest BCUT2D eigenvalue weighted by atomic mass is 16.5. The molecule has 0 aliphatic rings. The van der Waals surface area contributed by atoms with E-state index in [4.69, 9.17) is 9.47 Å². The Bertz CT molecular complexity index is 770. The van der Waals surface area contributed by atoms with Gasteiger partial charge in [0.05, 0.1) is 20.6 Å². The molecule has 0 saturated carbocycles. The van der Waals surface area contributed by atoms with Crippen molar-refractivity contribution in [1.29, 1.82) is 0 Å². The molecule has 6 heteroatoms. The van der Waals surface area contributed by atoms with E-state index in [0.29, 0.717) is 23.6 Å². The molecule has 0 spiro atoms. The van der Waals surface area contributed by atoms with Gasteiger partial charge in [-0.25, -0.2) is 0 Å². The van der Waals surface area contributed by atoms with Gasteiger partial charge in [-0.05, 0) is 23.8 Å². The lowest BCUT2D eigenvalue weighted by Gasteiger charge is -2.12. The summed E-state index contributed by atoms with van der Waals surface area (Å²) in [4.78, 5) is 25.6. The van der Waals surface area contributed by atoms with E-state index in [9.17, 15) is 9.59 Å². The van der Waals surface area contributed by atoms with Crippen LogP contribution >= 0.6 is 0 Å². The summed E-state index contributed by atoms with van der Waals surface area (Å²) < 4.78 is 10.5. The molecule has 0 aliphatic heterocycles. The van der Waals surface area contributed by atoms with Crippen LogP contribution in [0.15, 0.2) is 42.5 Å². The molecule has 0 heterocycles. The first kappa shape index (κ1) is 19.3. The highest BCUT2D eigenvalue weighted by Gasteiger charge is 2.11. The summed E-state index contributed by atoms with van der Waals surface area (Å²) in [5.74, 6) is 1.14. The van der Waals surface area contributed by atoms with Crippen LogP contribution in [0.2, 0.25) is 0 Å². The summed E-state index contributed by atoms with van der Waals surface area (Å²) in [6.07, 6.45) is 0.213. The number of nitrogens with one attached hydrogen (secondary N) is 1. The van der Waals surface area contributed by atoms with Gasteiger partial charge in [-0.15, -0.1) is 0 Å². The van der Waals surface area contributed by atoms with E-state index in [1.807, 2.05) is 18.2 Å². The maximum atomic E-state index is 12.2. The molecule has 0 bridgehead atoms. The standard InChI is InChI=1S/C20H24N2O4/c1-22(2)20(24)15-7-5-14(6-8-15)13-21-19(23)11-16-9-10-17(25-3)12-18(16)26-4/h5-10,12H,11,13H2,1-4H3,(H,21,23). The van der Waals surface area contributed by atoms with Crippen molar-refractivity contribution in [1.82, 2.24) is 10.2 Å². The topological polar surface area (TPSA) is 67.9 Å². The Labute approximate surface area is 153 Å². The van der Waals surface area contributed by atoms with Gasteiger partial charge in [0.2, 0.25) is 5.91 Å². The lowest BCUT2D eigenvalue weighted by atomic mass is 10.1. The number of hydrogen-bond acceptors (Lipinski definition) is 4. The molecule has 0 atom stereocenters. The van der Waals surface area contributed by atoms with Crippen LogP contribution in [0.3, 0.4) is 0 Å². The summed E-state index contributed by atoms with van der Waals surface area (Å²) in [6, 6.07) is 12.6. The summed E-state index contributed by atoms with van der Waals surface area (Å²) in [7, 11) is 6.57. The Kier molecular flexibility index (Phi) is 6.60. The van der Waals surface area contributed by atoms with Crippen molar-refractivity contribution in [2.75, 3.05) is 28.3 Å². The quantitative estimate of drug-likeness (QED) is 0.826. The molecule has 2 rings (SSSR count). The van der Waals surface area contributed by atoms with Crippen LogP contribution < -0.4 is 14.8 Å². The normalized spacial score (nSPS) is 10.2. The molecule has 6 nitrogen and oxygen atoms in total. The maximum Gasteiger partial charge on any atom is 0.253 e. The Morgan fingerprint density at radius 3 is 2.27 bits per heavy atom. The number of rotatable bonds is 7. The van der Waals surface area contributed by atoms with Crippen LogP contribution in [0.4, 0.5) is 0 Å². The van der Waals surface area contributed by atoms with Gasteiger partial charge in [-0.2, -0.15) is 0 Å². The monoisotopic (exact) mass is 356 g/mol. The molecule has 2 aromatic rings. The van der Waals surface area contributed by atoms with Crippen molar-refractivity contribution >= 4 is 11.8 Å². The van der Waals surface area contributed by atoms with Crippen molar-refractivity contribution in [2.24, 2.45) is 0 Å². The van der Waals surface area contributed by atoms with Gasteiger partial charge in [0.1, 0.15) is 11.5 Å². The van der Waals surface area contributed by atoms with E-state index in [-0.39, 0.29) is 18.2 Å². The van der Waals surface area contributed by atoms with Crippen LogP contribution in [0.25, 0.3) is 0 Å². The molecule has 0 aromatic heterocycles. The second-order valence-corrected chi connectivity index (χ2v) is 6.03. The number of methoxy groups -OCH3 is 2. The SMILES string of the molecule is COc1ccc(CC(=O)NCc2ccc(C(=O)N(C)C)cc2)c(OC)c1. The van der Waals surface area contributed by atoms with Gasteiger partial charge in [-0.1, -0.05) is 18.2 Å². The number of carbonyl (C=O) groups excluding carboxylic acids is 2. The molecule has 1 N–H and O–H groups in total. The van der Waals surface area contributed by atoms with Gasteiger partial charge in [0, 0.05) is 37.8 Å². The summed E-state index contributed by atoms with van der Waals surface area (Å²) in [6.45, 7) is 0.397. The highest BCUT2D eigenvalue weighted by molar-refractivity contribution is 5.93. The van der Waals surface area contributed by atoms with Crippen LogP contribution in [-0.4, -0.2) is 45.0 Å². The third-order valence-corrected chi connectivity index (χ3v) is 3.94. The molecule has 0 unspecified atom stereocenters. The molecule has 0 saturated heterocycles. The van der Waals surface area contributed by atoms with Crippen molar-refractivity contribution in [3.63, 3.8) is 0 Å². The molecular weight excluding hydrogens is 332 g/mol. The smallest absolute Gasteiger partial charge is 0.253 e. The zero-order valence-corrected chi connectivity index (χ0v) is 15.5. The fourth-order valence-corrected chi connectivity index (χ4v) is 2.46. The Balaban J connectivity index is 1.94. The lowest BCUT2D eigenvalue weighted by molar-refractivity contribution is -0.120. The molecule has 26 heavy (non-hydrogen) atoms. The molecular formula is C20H24N2O4. The van der Waals surface area contributed by atoms with Crippen molar-refractivity contribution in [2.45, 2.75) is 13.0 Å². The minimum Gasteiger partial charge on any atom is -0.497 e. The summed E-state index contributed by atoms with van der Waals surface area (Å²) in [5, 5.41) is 2.88. The predicted molar refractivity (Wildman–Crippen MR) is 99.6 cm³/mol. The van der Waals surface area contributed by atoms with Gasteiger partial charge in [0.25, 0.3) is 5.91 Å². The Hall–Kier alpha value is -3.02. The van der Waals surface area contributed by atoms with Crippen LogP contribution in [0, 0.1) is 0 Å². The molecule has 2 aromatic carbocycles. The minimum atomic E-state index is -0.109. The molecule has 0 radical (unpaired) electrons. The third kappa shape index (κ3) is 4.99. The van der Waals surface area contributed by atoms with E-state index in [0.717, 1.165) is 11.1 Å². The second kappa shape index (κ2) is 8.89. The van der Waals surface area contributed by atoms with E-state index in [1.165, 1.54) is 4.90 Å². The third-order valence-electron chi connectivity index (χ3n) is 3.94. The first-order valence-electron chi connectivity index (χ1n) is 8.22. The Morgan fingerprint density at radius 1 is 1.00 bits per heavy atom. The number of amides is 2. The molecule has 138 valence electrons. The van der Waals surface area contributed by atoms with Gasteiger partial charge >= 0.3 is 0 Å². The average Bonchev–Trinajstić information content (AvgIpc) is 2.66. The first-order chi connectivity index (χ1) is 12.4. The second-order valence-electron chi connectivity index (χ2n) is 6.03. The zero-order valence-electron chi connectivity index (χ0n) is 15.5. The number of ether oxygens (including phenoxy) is 2. The van der Waals surface area contributed by atoms with Gasteiger partial charge in [0.15, 0.2) is 0 Å². The number of benzene rings is 2. The highest BCUT2D eigenvalue weighted by Crippen LogP contribution is 2.24. The Morgan fingerprint density at radius 2 is 1.69 bits per heavy atom. The lowest BCUT2D eigenvalue weighted by Crippen LogP contribution is -2.25. The zero-order chi connectivity index (χ0) is 19.1. The molecule has 2 amide bonds. The first-order valence-corrected chi connectivity index (χ1v) is 8.22. The van der Waals surface area contributed by atoms with Crippen molar-refractivity contribution in [3.05, 3.63) is 59.2 Å².